The third-order valence-corrected chi connectivity index (χ3v) is 3.23. The molecule has 76 valence electrons. The lowest BCUT2D eigenvalue weighted by Crippen LogP contribution is -2.14. The van der Waals surface area contributed by atoms with Gasteiger partial charge >= 0.3 is 5.97 Å². The van der Waals surface area contributed by atoms with E-state index in [0.717, 1.165) is 0 Å². The number of hydrogen-bond acceptors (Lipinski definition) is 4. The largest absolute Gasteiger partial charge is 0.476 e. The average molecular weight is 208 g/mol. The normalized spacial score (nSPS) is 14.9. The van der Waals surface area contributed by atoms with Crippen molar-refractivity contribution in [1.29, 1.82) is 0 Å². The van der Waals surface area contributed by atoms with Crippen LogP contribution in [0.2, 0.25) is 0 Å². The van der Waals surface area contributed by atoms with Crippen molar-refractivity contribution in [2.45, 2.75) is 13.3 Å². The zero-order valence-corrected chi connectivity index (χ0v) is 8.54. The van der Waals surface area contributed by atoms with Crippen LogP contribution in [0.3, 0.4) is 0 Å². The number of ketones is 1. The minimum atomic E-state index is -2.77. The molecule has 1 atom stereocenters. The highest BCUT2D eigenvalue weighted by Gasteiger charge is 2.19. The summed E-state index contributed by atoms with van der Waals surface area (Å²) in [7, 11) is -2.77. The van der Waals surface area contributed by atoms with Crippen LogP contribution >= 0.6 is 7.37 Å². The van der Waals surface area contributed by atoms with E-state index in [0.29, 0.717) is 6.61 Å². The summed E-state index contributed by atoms with van der Waals surface area (Å²) in [4.78, 5) is 20.7. The van der Waals surface area contributed by atoms with Crippen LogP contribution in [-0.4, -0.2) is 36.3 Å². The third kappa shape index (κ3) is 5.55. The molecular formula is C7H13O5P. The summed E-state index contributed by atoms with van der Waals surface area (Å²) in [5.41, 5.74) is 0. The third-order valence-electron chi connectivity index (χ3n) is 1.39. The number of rotatable bonds is 6. The molecule has 13 heavy (non-hydrogen) atoms. The van der Waals surface area contributed by atoms with Gasteiger partial charge in [-0.2, -0.15) is 0 Å². The highest BCUT2D eigenvalue weighted by atomic mass is 31.2. The predicted octanol–water partition coefficient (Wildman–Crippen LogP) is 0.975. The molecule has 0 aliphatic heterocycles. The molecule has 0 aromatic heterocycles. The van der Waals surface area contributed by atoms with Crippen molar-refractivity contribution in [3.05, 3.63) is 0 Å². The first kappa shape index (κ1) is 12.3. The summed E-state index contributed by atoms with van der Waals surface area (Å²) in [6.07, 6.45) is -0.241. The van der Waals surface area contributed by atoms with Gasteiger partial charge in [0.1, 0.15) is 0 Å². The van der Waals surface area contributed by atoms with E-state index in [4.69, 9.17) is 9.63 Å². The highest BCUT2D eigenvalue weighted by molar-refractivity contribution is 7.58. The van der Waals surface area contributed by atoms with Crippen molar-refractivity contribution in [1.82, 2.24) is 0 Å². The topological polar surface area (TPSA) is 80.7 Å². The Morgan fingerprint density at radius 2 is 2.00 bits per heavy atom. The number of aliphatic carboxylic acids is 1. The van der Waals surface area contributed by atoms with E-state index in [-0.39, 0.29) is 12.6 Å². The van der Waals surface area contributed by atoms with E-state index in [1.807, 2.05) is 0 Å². The minimum Gasteiger partial charge on any atom is -0.476 e. The predicted molar refractivity (Wildman–Crippen MR) is 47.3 cm³/mol. The van der Waals surface area contributed by atoms with Crippen LogP contribution < -0.4 is 0 Å². The summed E-state index contributed by atoms with van der Waals surface area (Å²) in [6, 6.07) is 0. The average Bonchev–Trinajstić information content (AvgIpc) is 2.00. The molecule has 0 saturated carbocycles. The van der Waals surface area contributed by atoms with Gasteiger partial charge in [0.15, 0.2) is 0 Å². The minimum absolute atomic E-state index is 0.00796. The lowest BCUT2D eigenvalue weighted by molar-refractivity contribution is -0.148. The Morgan fingerprint density at radius 1 is 1.46 bits per heavy atom. The second kappa shape index (κ2) is 5.14. The first-order valence-corrected chi connectivity index (χ1v) is 6.12. The molecule has 0 radical (unpaired) electrons. The molecule has 0 aliphatic carbocycles. The smallest absolute Gasteiger partial charge is 0.372 e. The summed E-state index contributed by atoms with van der Waals surface area (Å²) >= 11 is 0. The number of carbonyl (C=O) groups excluding carboxylic acids is 1. The van der Waals surface area contributed by atoms with Crippen molar-refractivity contribution in [2.24, 2.45) is 0 Å². The van der Waals surface area contributed by atoms with Gasteiger partial charge in [-0.3, -0.25) is 9.36 Å². The van der Waals surface area contributed by atoms with E-state index in [1.54, 1.807) is 6.92 Å². The van der Waals surface area contributed by atoms with Crippen molar-refractivity contribution < 1.29 is 23.8 Å². The maximum absolute atomic E-state index is 11.4. The zero-order valence-electron chi connectivity index (χ0n) is 7.65. The van der Waals surface area contributed by atoms with Crippen LogP contribution in [-0.2, 0) is 18.7 Å². The summed E-state index contributed by atoms with van der Waals surface area (Å²) in [5.74, 6) is -2.42. The Hall–Kier alpha value is -0.670. The fourth-order valence-corrected chi connectivity index (χ4v) is 2.03. The number of hydrogen-bond donors (Lipinski definition) is 1. The van der Waals surface area contributed by atoms with Gasteiger partial charge in [0.25, 0.3) is 0 Å². The van der Waals surface area contributed by atoms with E-state index in [2.05, 4.69) is 0 Å². The summed E-state index contributed by atoms with van der Waals surface area (Å²) in [6.45, 7) is 3.38. The van der Waals surface area contributed by atoms with Crippen molar-refractivity contribution in [3.8, 4) is 0 Å². The lowest BCUT2D eigenvalue weighted by atomic mass is 10.3. The fraction of sp³-hybridized carbons (Fsp3) is 0.714. The molecule has 6 heteroatoms. The molecule has 0 rings (SSSR count). The molecule has 5 nitrogen and oxygen atoms in total. The molecule has 0 spiro atoms. The second-order valence-electron chi connectivity index (χ2n) is 2.63. The Labute approximate surface area is 76.5 Å². The van der Waals surface area contributed by atoms with Crippen LogP contribution in [0.25, 0.3) is 0 Å². The lowest BCUT2D eigenvalue weighted by Gasteiger charge is -2.10. The maximum Gasteiger partial charge on any atom is 0.372 e. The van der Waals surface area contributed by atoms with Crippen LogP contribution in [0.4, 0.5) is 0 Å². The van der Waals surface area contributed by atoms with Gasteiger partial charge in [0, 0.05) is 19.2 Å². The quantitative estimate of drug-likeness (QED) is 0.519. The standard InChI is InChI=1S/C7H13O5P/c1-3-12-13(2,11)5-4-6(8)7(9)10/h3-5H2,1-2H3,(H,9,10). The summed E-state index contributed by atoms with van der Waals surface area (Å²) in [5, 5.41) is 8.23. The molecule has 0 heterocycles. The Kier molecular flexibility index (Phi) is 4.88. The Morgan fingerprint density at radius 3 is 2.38 bits per heavy atom. The second-order valence-corrected chi connectivity index (χ2v) is 5.37. The molecule has 1 N–H and O–H groups in total. The molecule has 1 unspecified atom stereocenters. The molecule has 0 aromatic carbocycles. The van der Waals surface area contributed by atoms with Crippen LogP contribution in [0.15, 0.2) is 0 Å². The number of carboxylic acid groups (broad SMARTS) is 1. The van der Waals surface area contributed by atoms with Crippen molar-refractivity contribution >= 4 is 19.1 Å². The molecule has 0 bridgehead atoms. The van der Waals surface area contributed by atoms with Gasteiger partial charge in [0.05, 0.1) is 6.61 Å². The van der Waals surface area contributed by atoms with E-state index in [1.165, 1.54) is 6.66 Å². The van der Waals surface area contributed by atoms with Gasteiger partial charge < -0.3 is 9.63 Å². The zero-order chi connectivity index (χ0) is 10.5. The first-order chi connectivity index (χ1) is 5.89. The molecular weight excluding hydrogens is 195 g/mol. The fourth-order valence-electron chi connectivity index (χ4n) is 0.749. The van der Waals surface area contributed by atoms with E-state index < -0.39 is 19.1 Å². The van der Waals surface area contributed by atoms with Gasteiger partial charge in [-0.05, 0) is 6.92 Å². The maximum atomic E-state index is 11.4. The number of Topliss-reactive ketones (excluding diaryl/α,β-unsaturated/α-hetero) is 1. The molecule has 0 aromatic rings. The van der Waals surface area contributed by atoms with Crippen molar-refractivity contribution in [2.75, 3.05) is 19.4 Å². The van der Waals surface area contributed by atoms with Crippen LogP contribution in [0.5, 0.6) is 0 Å². The Balaban J connectivity index is 3.95. The van der Waals surface area contributed by atoms with E-state index in [9.17, 15) is 14.2 Å². The van der Waals surface area contributed by atoms with Gasteiger partial charge in [0.2, 0.25) is 13.2 Å². The highest BCUT2D eigenvalue weighted by Crippen LogP contribution is 2.42. The van der Waals surface area contributed by atoms with Gasteiger partial charge in [-0.15, -0.1) is 0 Å². The van der Waals surface area contributed by atoms with Gasteiger partial charge in [-0.1, -0.05) is 0 Å². The van der Waals surface area contributed by atoms with Crippen LogP contribution in [0.1, 0.15) is 13.3 Å². The van der Waals surface area contributed by atoms with Crippen LogP contribution in [0, 0.1) is 0 Å². The monoisotopic (exact) mass is 208 g/mol. The van der Waals surface area contributed by atoms with E-state index >= 15 is 0 Å². The molecule has 0 amide bonds. The van der Waals surface area contributed by atoms with Crippen molar-refractivity contribution in [3.63, 3.8) is 0 Å². The SMILES string of the molecule is CCOP(C)(=O)CCC(=O)C(=O)O. The summed E-state index contributed by atoms with van der Waals surface area (Å²) < 4.78 is 16.2. The van der Waals surface area contributed by atoms with Gasteiger partial charge in [-0.25, -0.2) is 4.79 Å². The number of carbonyl (C=O) groups is 2. The number of carboxylic acids is 1. The molecule has 0 aliphatic rings. The molecule has 0 fully saturated rings. The molecule has 0 saturated heterocycles. The first-order valence-electron chi connectivity index (χ1n) is 3.86. The Bertz CT molecular complexity index is 247.